The molecule has 3 aromatic rings. The number of hydrogen-bond donors (Lipinski definition) is 1. The molecule has 1 saturated heterocycles. The standard InChI is InChI=1S/C27H36N4O3S/c1-7-34-20-13-17(12-18-16(2)29-30(6)23(18)20)24(33)31-10-8-27(9-11-31)14-19(32)22-21(15-27)35-25(28-22)26(3,4)5/h12-13,19,32H,7-11,14-15H2,1-6H3/t19-/m1/s1. The van der Waals surface area contributed by atoms with Crippen molar-refractivity contribution in [2.24, 2.45) is 12.5 Å². The smallest absolute Gasteiger partial charge is 0.254 e. The lowest BCUT2D eigenvalue weighted by atomic mass is 9.68. The first kappa shape index (κ1) is 24.3. The molecule has 35 heavy (non-hydrogen) atoms. The van der Waals surface area contributed by atoms with Crippen LogP contribution in [0.25, 0.3) is 10.9 Å². The lowest BCUT2D eigenvalue weighted by Crippen LogP contribution is -2.45. The minimum absolute atomic E-state index is 0.0151. The molecule has 0 unspecified atom stereocenters. The first-order valence-electron chi connectivity index (χ1n) is 12.6. The zero-order valence-corrected chi connectivity index (χ0v) is 22.5. The first-order valence-corrected chi connectivity index (χ1v) is 13.4. The zero-order valence-electron chi connectivity index (χ0n) is 21.6. The molecule has 1 fully saturated rings. The molecule has 0 bridgehead atoms. The Morgan fingerprint density at radius 3 is 2.66 bits per heavy atom. The van der Waals surface area contributed by atoms with Crippen LogP contribution in [0, 0.1) is 12.3 Å². The second kappa shape index (κ2) is 8.59. The molecule has 0 saturated carbocycles. The summed E-state index contributed by atoms with van der Waals surface area (Å²) < 4.78 is 7.71. The number of benzene rings is 1. The third kappa shape index (κ3) is 4.25. The van der Waals surface area contributed by atoms with Crippen LogP contribution < -0.4 is 4.74 Å². The van der Waals surface area contributed by atoms with Crippen LogP contribution in [0.3, 0.4) is 0 Å². The Morgan fingerprint density at radius 2 is 2.00 bits per heavy atom. The molecule has 1 aliphatic heterocycles. The van der Waals surface area contributed by atoms with Gasteiger partial charge in [0.2, 0.25) is 0 Å². The topological polar surface area (TPSA) is 80.5 Å². The van der Waals surface area contributed by atoms with Gasteiger partial charge in [-0.1, -0.05) is 20.8 Å². The summed E-state index contributed by atoms with van der Waals surface area (Å²) >= 11 is 1.75. The number of carbonyl (C=O) groups is 1. The third-order valence-corrected chi connectivity index (χ3v) is 9.09. The van der Waals surface area contributed by atoms with Gasteiger partial charge in [0.15, 0.2) is 0 Å². The summed E-state index contributed by atoms with van der Waals surface area (Å²) in [6, 6.07) is 3.82. The molecular formula is C27H36N4O3S. The van der Waals surface area contributed by atoms with Crippen LogP contribution in [0.15, 0.2) is 12.1 Å². The van der Waals surface area contributed by atoms with E-state index in [1.807, 2.05) is 42.6 Å². The number of aliphatic hydroxyl groups is 1. The van der Waals surface area contributed by atoms with Crippen molar-refractivity contribution in [2.75, 3.05) is 19.7 Å². The summed E-state index contributed by atoms with van der Waals surface area (Å²) in [6.45, 7) is 12.3. The Kier molecular flexibility index (Phi) is 5.95. The van der Waals surface area contributed by atoms with Gasteiger partial charge in [-0.3, -0.25) is 9.48 Å². The number of piperidine rings is 1. The summed E-state index contributed by atoms with van der Waals surface area (Å²) in [5, 5.41) is 17.5. The Balaban J connectivity index is 1.35. The van der Waals surface area contributed by atoms with E-state index in [0.29, 0.717) is 31.0 Å². The molecule has 2 aliphatic rings. The molecule has 0 radical (unpaired) electrons. The predicted molar refractivity (Wildman–Crippen MR) is 138 cm³/mol. The number of amides is 1. The molecule has 5 rings (SSSR count). The lowest BCUT2D eigenvalue weighted by molar-refractivity contribution is 0.0255. The van der Waals surface area contributed by atoms with E-state index in [4.69, 9.17) is 9.72 Å². The monoisotopic (exact) mass is 496 g/mol. The average molecular weight is 497 g/mol. The molecule has 3 heterocycles. The van der Waals surface area contributed by atoms with E-state index in [1.165, 1.54) is 4.88 Å². The lowest BCUT2D eigenvalue weighted by Gasteiger charge is -2.45. The number of carbonyl (C=O) groups excluding carboxylic acids is 1. The van der Waals surface area contributed by atoms with Crippen LogP contribution in [0.2, 0.25) is 0 Å². The summed E-state index contributed by atoms with van der Waals surface area (Å²) in [7, 11) is 1.90. The third-order valence-electron chi connectivity index (χ3n) is 7.59. The number of rotatable bonds is 3. The molecule has 1 N–H and O–H groups in total. The predicted octanol–water partition coefficient (Wildman–Crippen LogP) is 4.94. The van der Waals surface area contributed by atoms with Crippen molar-refractivity contribution < 1.29 is 14.6 Å². The molecule has 1 atom stereocenters. The second-order valence-corrected chi connectivity index (χ2v) is 12.4. The normalized spacial score (nSPS) is 19.9. The van der Waals surface area contributed by atoms with Gasteiger partial charge in [0.25, 0.3) is 5.91 Å². The average Bonchev–Trinajstić information content (AvgIpc) is 3.35. The largest absolute Gasteiger partial charge is 0.492 e. The number of fused-ring (bicyclic) bond motifs is 2. The molecule has 7 nitrogen and oxygen atoms in total. The Bertz CT molecular complexity index is 1280. The van der Waals surface area contributed by atoms with Gasteiger partial charge in [0.05, 0.1) is 29.1 Å². The highest BCUT2D eigenvalue weighted by molar-refractivity contribution is 7.11. The minimum atomic E-state index is -0.516. The molecule has 1 spiro atoms. The Hall–Kier alpha value is -2.45. The number of hydrogen-bond acceptors (Lipinski definition) is 6. The number of aliphatic hydroxyl groups excluding tert-OH is 1. The molecule has 2 aromatic heterocycles. The van der Waals surface area contributed by atoms with Crippen molar-refractivity contribution in [3.8, 4) is 5.75 Å². The van der Waals surface area contributed by atoms with Crippen molar-refractivity contribution in [3.63, 3.8) is 0 Å². The molecule has 1 amide bonds. The summed E-state index contributed by atoms with van der Waals surface area (Å²) in [5.74, 6) is 0.739. The van der Waals surface area contributed by atoms with Crippen LogP contribution >= 0.6 is 11.3 Å². The van der Waals surface area contributed by atoms with Gasteiger partial charge in [0.1, 0.15) is 11.3 Å². The zero-order chi connectivity index (χ0) is 25.1. The number of aryl methyl sites for hydroxylation is 2. The van der Waals surface area contributed by atoms with Gasteiger partial charge in [-0.25, -0.2) is 4.98 Å². The van der Waals surface area contributed by atoms with Crippen molar-refractivity contribution in [2.45, 2.75) is 71.8 Å². The van der Waals surface area contributed by atoms with Crippen molar-refractivity contribution >= 4 is 28.1 Å². The van der Waals surface area contributed by atoms with Gasteiger partial charge in [-0.2, -0.15) is 5.10 Å². The maximum Gasteiger partial charge on any atom is 0.254 e. The molecule has 1 aliphatic carbocycles. The SMILES string of the molecule is CCOc1cc(C(=O)N2CCC3(CC2)Cc2sc(C(C)(C)C)nc2[C@H](O)C3)cc2c(C)nn(C)c12. The van der Waals surface area contributed by atoms with E-state index in [9.17, 15) is 9.90 Å². The maximum absolute atomic E-state index is 13.6. The number of ether oxygens (including phenoxy) is 1. The number of aromatic nitrogens is 3. The van der Waals surface area contributed by atoms with E-state index in [-0.39, 0.29) is 16.7 Å². The van der Waals surface area contributed by atoms with Crippen LogP contribution in [0.1, 0.15) is 84.7 Å². The van der Waals surface area contributed by atoms with E-state index >= 15 is 0 Å². The number of thiazole rings is 1. The van der Waals surface area contributed by atoms with Gasteiger partial charge < -0.3 is 14.7 Å². The van der Waals surface area contributed by atoms with Gasteiger partial charge >= 0.3 is 0 Å². The van der Waals surface area contributed by atoms with Crippen molar-refractivity contribution in [1.29, 1.82) is 0 Å². The van der Waals surface area contributed by atoms with Crippen LogP contribution in [0.5, 0.6) is 5.75 Å². The van der Waals surface area contributed by atoms with E-state index < -0.39 is 6.10 Å². The van der Waals surface area contributed by atoms with Gasteiger partial charge in [0, 0.05) is 41.4 Å². The van der Waals surface area contributed by atoms with E-state index in [0.717, 1.165) is 53.0 Å². The summed E-state index contributed by atoms with van der Waals surface area (Å²) in [6.07, 6.45) is 2.95. The van der Waals surface area contributed by atoms with Gasteiger partial charge in [-0.05, 0) is 57.1 Å². The Morgan fingerprint density at radius 1 is 1.29 bits per heavy atom. The number of nitrogens with zero attached hydrogens (tertiary/aromatic N) is 4. The maximum atomic E-state index is 13.6. The second-order valence-electron chi connectivity index (χ2n) is 11.3. The molecule has 1 aromatic carbocycles. The molecular weight excluding hydrogens is 460 g/mol. The van der Waals surface area contributed by atoms with Crippen molar-refractivity contribution in [1.82, 2.24) is 19.7 Å². The van der Waals surface area contributed by atoms with Crippen LogP contribution in [-0.4, -0.2) is 50.4 Å². The number of likely N-dealkylation sites (tertiary alicyclic amines) is 1. The van der Waals surface area contributed by atoms with Gasteiger partial charge in [-0.15, -0.1) is 11.3 Å². The van der Waals surface area contributed by atoms with Crippen LogP contribution in [-0.2, 0) is 18.9 Å². The summed E-state index contributed by atoms with van der Waals surface area (Å²) in [4.78, 5) is 21.5. The Labute approximate surface area is 211 Å². The fourth-order valence-corrected chi connectivity index (χ4v) is 7.02. The van der Waals surface area contributed by atoms with Crippen molar-refractivity contribution in [3.05, 3.63) is 39.0 Å². The summed E-state index contributed by atoms with van der Waals surface area (Å²) in [5.41, 5.74) is 3.36. The highest BCUT2D eigenvalue weighted by Gasteiger charge is 2.44. The van der Waals surface area contributed by atoms with Crippen LogP contribution in [0.4, 0.5) is 0 Å². The minimum Gasteiger partial charge on any atom is -0.492 e. The molecule has 8 heteroatoms. The first-order chi connectivity index (χ1) is 16.5. The fourth-order valence-electron chi connectivity index (χ4n) is 5.67. The molecule has 188 valence electrons. The fraction of sp³-hybridized carbons (Fsp3) is 0.593. The van der Waals surface area contributed by atoms with E-state index in [1.54, 1.807) is 11.3 Å². The highest BCUT2D eigenvalue weighted by Crippen LogP contribution is 2.50. The van der Waals surface area contributed by atoms with E-state index in [2.05, 4.69) is 25.9 Å². The highest BCUT2D eigenvalue weighted by atomic mass is 32.1. The quantitative estimate of drug-likeness (QED) is 0.556.